The van der Waals surface area contributed by atoms with E-state index in [-0.39, 0.29) is 25.0 Å². The summed E-state index contributed by atoms with van der Waals surface area (Å²) < 4.78 is 1.82. The third-order valence-electron chi connectivity index (χ3n) is 3.60. The minimum absolute atomic E-state index is 0.0678. The van der Waals surface area contributed by atoms with E-state index < -0.39 is 5.97 Å². The Hall–Kier alpha value is -2.05. The maximum absolute atomic E-state index is 12.0. The molecule has 110 valence electrons. The van der Waals surface area contributed by atoms with Crippen LogP contribution in [-0.4, -0.2) is 45.4 Å². The lowest BCUT2D eigenvalue weighted by Gasteiger charge is -2.19. The zero-order valence-corrected chi connectivity index (χ0v) is 11.7. The van der Waals surface area contributed by atoms with Crippen molar-refractivity contribution in [2.75, 3.05) is 18.9 Å². The van der Waals surface area contributed by atoms with Crippen molar-refractivity contribution in [1.82, 2.24) is 14.7 Å². The number of amides is 2. The monoisotopic (exact) mass is 280 g/mol. The van der Waals surface area contributed by atoms with Crippen molar-refractivity contribution in [3.63, 3.8) is 0 Å². The second-order valence-corrected chi connectivity index (χ2v) is 5.23. The Morgan fingerprint density at radius 2 is 2.30 bits per heavy atom. The summed E-state index contributed by atoms with van der Waals surface area (Å²) in [7, 11) is 1.57. The van der Waals surface area contributed by atoms with Crippen LogP contribution in [0, 0.1) is 5.92 Å². The number of carbonyl (C=O) groups excluding carboxylic acids is 1. The van der Waals surface area contributed by atoms with Gasteiger partial charge in [0.15, 0.2) is 0 Å². The van der Waals surface area contributed by atoms with E-state index in [0.29, 0.717) is 11.7 Å². The molecule has 0 bridgehead atoms. The molecule has 1 aliphatic rings. The molecule has 1 atom stereocenters. The lowest BCUT2D eigenvalue weighted by molar-refractivity contribution is -0.137. The molecule has 0 aliphatic heterocycles. The second-order valence-electron chi connectivity index (χ2n) is 5.23. The van der Waals surface area contributed by atoms with Gasteiger partial charge in [-0.25, -0.2) is 9.48 Å². The molecule has 0 spiro atoms. The number of rotatable bonds is 6. The molecule has 7 nitrogen and oxygen atoms in total. The van der Waals surface area contributed by atoms with E-state index in [1.807, 2.05) is 4.68 Å². The lowest BCUT2D eigenvalue weighted by Crippen LogP contribution is -2.34. The summed E-state index contributed by atoms with van der Waals surface area (Å²) in [4.78, 5) is 23.8. The van der Waals surface area contributed by atoms with Gasteiger partial charge in [-0.15, -0.1) is 0 Å². The normalized spacial score (nSPS) is 15.7. The predicted molar refractivity (Wildman–Crippen MR) is 73.6 cm³/mol. The highest BCUT2D eigenvalue weighted by Crippen LogP contribution is 2.40. The number of carbonyl (C=O) groups is 2. The number of nitrogens with zero attached hydrogens (tertiary/aromatic N) is 3. The first kappa shape index (κ1) is 14.4. The van der Waals surface area contributed by atoms with Crippen LogP contribution in [0.25, 0.3) is 0 Å². The average molecular weight is 280 g/mol. The van der Waals surface area contributed by atoms with Crippen LogP contribution in [0.2, 0.25) is 0 Å². The molecule has 2 N–H and O–H groups in total. The van der Waals surface area contributed by atoms with Crippen molar-refractivity contribution in [1.29, 1.82) is 0 Å². The topological polar surface area (TPSA) is 87.5 Å². The van der Waals surface area contributed by atoms with E-state index in [9.17, 15) is 9.59 Å². The van der Waals surface area contributed by atoms with Gasteiger partial charge in [-0.3, -0.25) is 10.1 Å². The Bertz CT molecular complexity index is 496. The summed E-state index contributed by atoms with van der Waals surface area (Å²) in [6.07, 6.45) is 3.99. The number of urea groups is 1. The van der Waals surface area contributed by atoms with Crippen molar-refractivity contribution in [3.8, 4) is 0 Å². The van der Waals surface area contributed by atoms with Gasteiger partial charge in [-0.2, -0.15) is 5.10 Å². The van der Waals surface area contributed by atoms with Crippen LogP contribution >= 0.6 is 0 Å². The first-order valence-corrected chi connectivity index (χ1v) is 6.76. The number of hydrogen-bond acceptors (Lipinski definition) is 3. The highest BCUT2D eigenvalue weighted by Gasteiger charge is 2.30. The number of carboxylic acid groups (broad SMARTS) is 1. The van der Waals surface area contributed by atoms with Gasteiger partial charge >= 0.3 is 12.0 Å². The van der Waals surface area contributed by atoms with Gasteiger partial charge in [-0.05, 0) is 25.7 Å². The van der Waals surface area contributed by atoms with E-state index in [4.69, 9.17) is 5.11 Å². The molecule has 1 aromatic heterocycles. The minimum Gasteiger partial charge on any atom is -0.481 e. The minimum atomic E-state index is -0.919. The molecule has 1 aliphatic carbocycles. The molecular weight excluding hydrogens is 260 g/mol. The number of aliphatic carboxylic acids is 1. The zero-order chi connectivity index (χ0) is 14.7. The first-order valence-electron chi connectivity index (χ1n) is 6.76. The van der Waals surface area contributed by atoms with Gasteiger partial charge in [0.05, 0.1) is 18.7 Å². The fourth-order valence-electron chi connectivity index (χ4n) is 2.09. The van der Waals surface area contributed by atoms with Crippen molar-refractivity contribution >= 4 is 17.8 Å². The third-order valence-corrected chi connectivity index (χ3v) is 3.60. The van der Waals surface area contributed by atoms with Crippen LogP contribution in [0.5, 0.6) is 0 Å². The summed E-state index contributed by atoms with van der Waals surface area (Å²) in [5.41, 5.74) is 0. The van der Waals surface area contributed by atoms with Crippen LogP contribution in [0.15, 0.2) is 12.3 Å². The van der Waals surface area contributed by atoms with Gasteiger partial charge in [0, 0.05) is 19.7 Å². The predicted octanol–water partition coefficient (Wildman–Crippen LogP) is 1.79. The SMILES string of the molecule is CC(C1CC1)n1nccc1NC(=O)N(C)CCC(=O)O. The molecular formula is C13H20N4O3. The number of hydrogen-bond donors (Lipinski definition) is 2. The smallest absolute Gasteiger partial charge is 0.322 e. The fourth-order valence-corrected chi connectivity index (χ4v) is 2.09. The third kappa shape index (κ3) is 3.49. The van der Waals surface area contributed by atoms with E-state index in [2.05, 4.69) is 17.3 Å². The Kier molecular flexibility index (Phi) is 4.26. The maximum atomic E-state index is 12.0. The number of nitrogens with one attached hydrogen (secondary N) is 1. The highest BCUT2D eigenvalue weighted by molar-refractivity contribution is 5.88. The molecule has 20 heavy (non-hydrogen) atoms. The summed E-state index contributed by atoms with van der Waals surface area (Å²) >= 11 is 0. The van der Waals surface area contributed by atoms with Crippen molar-refractivity contribution in [2.45, 2.75) is 32.2 Å². The van der Waals surface area contributed by atoms with E-state index >= 15 is 0 Å². The molecule has 1 aromatic rings. The highest BCUT2D eigenvalue weighted by atomic mass is 16.4. The number of anilines is 1. The van der Waals surface area contributed by atoms with Crippen LogP contribution in [0.3, 0.4) is 0 Å². The largest absolute Gasteiger partial charge is 0.481 e. The van der Waals surface area contributed by atoms with Crippen molar-refractivity contribution in [3.05, 3.63) is 12.3 Å². The Morgan fingerprint density at radius 3 is 2.90 bits per heavy atom. The fraction of sp³-hybridized carbons (Fsp3) is 0.615. The van der Waals surface area contributed by atoms with Gasteiger partial charge < -0.3 is 10.0 Å². The molecule has 2 rings (SSSR count). The second kappa shape index (κ2) is 5.94. The Morgan fingerprint density at radius 1 is 1.60 bits per heavy atom. The van der Waals surface area contributed by atoms with Gasteiger partial charge in [-0.1, -0.05) is 0 Å². The van der Waals surface area contributed by atoms with Crippen LogP contribution in [-0.2, 0) is 4.79 Å². The van der Waals surface area contributed by atoms with E-state index in [1.54, 1.807) is 19.3 Å². The van der Waals surface area contributed by atoms with Gasteiger partial charge in [0.2, 0.25) is 0 Å². The van der Waals surface area contributed by atoms with E-state index in [1.165, 1.54) is 17.7 Å². The molecule has 0 saturated heterocycles. The van der Waals surface area contributed by atoms with Crippen molar-refractivity contribution in [2.24, 2.45) is 5.92 Å². The maximum Gasteiger partial charge on any atom is 0.322 e. The van der Waals surface area contributed by atoms with E-state index in [0.717, 1.165) is 0 Å². The van der Waals surface area contributed by atoms with Crippen LogP contribution in [0.1, 0.15) is 32.2 Å². The molecule has 0 aromatic carbocycles. The Balaban J connectivity index is 1.94. The molecule has 2 amide bonds. The van der Waals surface area contributed by atoms with Crippen molar-refractivity contribution < 1.29 is 14.7 Å². The van der Waals surface area contributed by atoms with Gasteiger partial charge in [0.1, 0.15) is 5.82 Å². The molecule has 1 unspecified atom stereocenters. The van der Waals surface area contributed by atoms with Gasteiger partial charge in [0.25, 0.3) is 0 Å². The first-order chi connectivity index (χ1) is 9.49. The summed E-state index contributed by atoms with van der Waals surface area (Å²) in [5.74, 6) is 0.365. The molecule has 7 heteroatoms. The summed E-state index contributed by atoms with van der Waals surface area (Å²) in [6.45, 7) is 2.27. The standard InChI is InChI=1S/C13H20N4O3/c1-9(10-3-4-10)17-11(5-7-14-17)15-13(20)16(2)8-6-12(18)19/h5,7,9-10H,3-4,6,8H2,1-2H3,(H,15,20)(H,18,19). The quantitative estimate of drug-likeness (QED) is 0.831. The molecule has 0 radical (unpaired) electrons. The number of carboxylic acids is 1. The molecule has 1 heterocycles. The molecule has 1 fully saturated rings. The Labute approximate surface area is 117 Å². The van der Waals surface area contributed by atoms with Crippen LogP contribution in [0.4, 0.5) is 10.6 Å². The molecule has 1 saturated carbocycles. The average Bonchev–Trinajstić information content (AvgIpc) is 3.15. The zero-order valence-electron chi connectivity index (χ0n) is 11.7. The summed E-state index contributed by atoms with van der Waals surface area (Å²) in [6, 6.07) is 1.70. The lowest BCUT2D eigenvalue weighted by atomic mass is 10.2. The van der Waals surface area contributed by atoms with Crippen LogP contribution < -0.4 is 5.32 Å². The summed E-state index contributed by atoms with van der Waals surface area (Å²) in [5, 5.41) is 15.6. The number of aromatic nitrogens is 2.